The summed E-state index contributed by atoms with van der Waals surface area (Å²) in [6, 6.07) is 12.7. The van der Waals surface area contributed by atoms with Crippen LogP contribution in [-0.2, 0) is 0 Å². The number of carboxylic acids is 1. The van der Waals surface area contributed by atoms with E-state index >= 15 is 0 Å². The van der Waals surface area contributed by atoms with E-state index in [1.54, 1.807) is 36.4 Å². The van der Waals surface area contributed by atoms with E-state index in [0.717, 1.165) is 0 Å². The molecule has 2 aromatic carbocycles. The van der Waals surface area contributed by atoms with Crippen molar-refractivity contribution >= 4 is 17.6 Å². The van der Waals surface area contributed by atoms with E-state index in [1.165, 1.54) is 12.1 Å². The summed E-state index contributed by atoms with van der Waals surface area (Å²) in [6.07, 6.45) is 0. The molecule has 0 aliphatic rings. The number of aromatic amines is 1. The third-order valence-electron chi connectivity index (χ3n) is 3.25. The molecule has 3 rings (SSSR count). The number of carbonyl (C=O) groups is 1. The van der Waals surface area contributed by atoms with Crippen LogP contribution in [0.3, 0.4) is 0 Å². The van der Waals surface area contributed by atoms with Gasteiger partial charge < -0.3 is 5.11 Å². The molecule has 4 nitrogen and oxygen atoms in total. The number of hydrogen-bond acceptors (Lipinski definition) is 2. The van der Waals surface area contributed by atoms with Crippen molar-refractivity contribution in [3.05, 3.63) is 64.9 Å². The summed E-state index contributed by atoms with van der Waals surface area (Å²) in [7, 11) is 0. The van der Waals surface area contributed by atoms with Crippen LogP contribution in [0.15, 0.2) is 48.5 Å². The average Bonchev–Trinajstić information content (AvgIpc) is 2.89. The number of aromatic carboxylic acids is 1. The maximum Gasteiger partial charge on any atom is 0.336 e. The lowest BCUT2D eigenvalue weighted by Gasteiger charge is -2.03. The summed E-state index contributed by atoms with van der Waals surface area (Å²) < 4.78 is 14.6. The van der Waals surface area contributed by atoms with Gasteiger partial charge in [-0.1, -0.05) is 41.9 Å². The van der Waals surface area contributed by atoms with Gasteiger partial charge in [-0.15, -0.1) is 0 Å². The Morgan fingerprint density at radius 2 is 1.82 bits per heavy atom. The quantitative estimate of drug-likeness (QED) is 0.759. The molecule has 3 aromatic rings. The van der Waals surface area contributed by atoms with Crippen molar-refractivity contribution in [1.29, 1.82) is 0 Å². The van der Waals surface area contributed by atoms with E-state index in [2.05, 4.69) is 10.2 Å². The molecule has 0 saturated heterocycles. The highest BCUT2D eigenvalue weighted by atomic mass is 35.5. The smallest absolute Gasteiger partial charge is 0.336 e. The third kappa shape index (κ3) is 2.46. The Morgan fingerprint density at radius 3 is 2.50 bits per heavy atom. The monoisotopic (exact) mass is 316 g/mol. The van der Waals surface area contributed by atoms with Gasteiger partial charge in [0.05, 0.1) is 5.56 Å². The zero-order valence-corrected chi connectivity index (χ0v) is 11.9. The van der Waals surface area contributed by atoms with E-state index < -0.39 is 11.8 Å². The summed E-state index contributed by atoms with van der Waals surface area (Å²) in [4.78, 5) is 11.2. The van der Waals surface area contributed by atoms with E-state index in [9.17, 15) is 14.3 Å². The van der Waals surface area contributed by atoms with Gasteiger partial charge in [0.2, 0.25) is 0 Å². The topological polar surface area (TPSA) is 66.0 Å². The second-order valence-electron chi connectivity index (χ2n) is 4.62. The minimum absolute atomic E-state index is 0.00411. The molecule has 2 N–H and O–H groups in total. The minimum atomic E-state index is -1.13. The molecule has 1 aromatic heterocycles. The molecule has 1 heterocycles. The van der Waals surface area contributed by atoms with E-state index in [1.807, 2.05) is 0 Å². The van der Waals surface area contributed by atoms with Crippen molar-refractivity contribution in [2.24, 2.45) is 0 Å². The maximum atomic E-state index is 14.6. The van der Waals surface area contributed by atoms with Crippen molar-refractivity contribution in [2.75, 3.05) is 0 Å². The lowest BCUT2D eigenvalue weighted by atomic mass is 10.0. The molecule has 110 valence electrons. The Morgan fingerprint density at radius 1 is 1.14 bits per heavy atom. The molecule has 0 bridgehead atoms. The predicted octanol–water partition coefficient (Wildman–Crippen LogP) is 4.23. The van der Waals surface area contributed by atoms with Gasteiger partial charge >= 0.3 is 5.97 Å². The highest BCUT2D eigenvalue weighted by Gasteiger charge is 2.20. The van der Waals surface area contributed by atoms with Crippen molar-refractivity contribution in [2.45, 2.75) is 0 Å². The number of halogens is 2. The van der Waals surface area contributed by atoms with Crippen molar-refractivity contribution in [3.63, 3.8) is 0 Å². The molecule has 0 atom stereocenters. The van der Waals surface area contributed by atoms with Crippen LogP contribution in [0.4, 0.5) is 4.39 Å². The first kappa shape index (κ1) is 14.3. The summed E-state index contributed by atoms with van der Waals surface area (Å²) in [5, 5.41) is 16.3. The van der Waals surface area contributed by atoms with Crippen molar-refractivity contribution in [1.82, 2.24) is 10.2 Å². The fraction of sp³-hybridized carbons (Fsp3) is 0. The Bertz CT molecular complexity index is 844. The van der Waals surface area contributed by atoms with Gasteiger partial charge in [-0.05, 0) is 18.2 Å². The first-order chi connectivity index (χ1) is 10.6. The first-order valence-corrected chi connectivity index (χ1v) is 6.78. The largest absolute Gasteiger partial charge is 0.478 e. The maximum absolute atomic E-state index is 14.6. The zero-order chi connectivity index (χ0) is 15.7. The van der Waals surface area contributed by atoms with Crippen LogP contribution < -0.4 is 0 Å². The minimum Gasteiger partial charge on any atom is -0.478 e. The van der Waals surface area contributed by atoms with Gasteiger partial charge in [0.1, 0.15) is 11.4 Å². The molecule has 0 amide bonds. The van der Waals surface area contributed by atoms with Crippen LogP contribution in [0.25, 0.3) is 22.5 Å². The van der Waals surface area contributed by atoms with Gasteiger partial charge in [0.15, 0.2) is 5.82 Å². The molecular formula is C16H10ClFN2O2. The number of aromatic nitrogens is 2. The Hall–Kier alpha value is -2.66. The van der Waals surface area contributed by atoms with Gasteiger partial charge in [-0.25, -0.2) is 9.18 Å². The van der Waals surface area contributed by atoms with Crippen molar-refractivity contribution in [3.8, 4) is 22.5 Å². The molecular weight excluding hydrogens is 307 g/mol. The van der Waals surface area contributed by atoms with Crippen LogP contribution in [0.5, 0.6) is 0 Å². The fourth-order valence-electron chi connectivity index (χ4n) is 2.19. The van der Waals surface area contributed by atoms with Crippen LogP contribution in [-0.4, -0.2) is 21.3 Å². The number of H-pyrrole nitrogens is 1. The summed E-state index contributed by atoms with van der Waals surface area (Å²) in [6.45, 7) is 0. The molecule has 22 heavy (non-hydrogen) atoms. The molecule has 0 saturated carbocycles. The summed E-state index contributed by atoms with van der Waals surface area (Å²) >= 11 is 5.81. The number of carboxylic acid groups (broad SMARTS) is 1. The van der Waals surface area contributed by atoms with E-state index in [4.69, 9.17) is 11.6 Å². The third-order valence-corrected chi connectivity index (χ3v) is 3.50. The second-order valence-corrected chi connectivity index (χ2v) is 5.06. The molecule has 0 fully saturated rings. The van der Waals surface area contributed by atoms with Gasteiger partial charge in [0, 0.05) is 16.1 Å². The van der Waals surface area contributed by atoms with Crippen LogP contribution >= 0.6 is 11.6 Å². The van der Waals surface area contributed by atoms with Gasteiger partial charge in [0.25, 0.3) is 0 Å². The normalized spacial score (nSPS) is 10.6. The predicted molar refractivity (Wildman–Crippen MR) is 81.4 cm³/mol. The summed E-state index contributed by atoms with van der Waals surface area (Å²) in [5.41, 5.74) is 0.961. The number of nitrogens with one attached hydrogen (secondary N) is 1. The lowest BCUT2D eigenvalue weighted by molar-refractivity contribution is 0.0697. The lowest BCUT2D eigenvalue weighted by Crippen LogP contribution is -2.00. The van der Waals surface area contributed by atoms with Crippen LogP contribution in [0, 0.1) is 5.82 Å². The second kappa shape index (κ2) is 5.61. The first-order valence-electron chi connectivity index (χ1n) is 6.40. The average molecular weight is 317 g/mol. The number of nitrogens with zero attached hydrogens (tertiary/aromatic N) is 1. The fourth-order valence-corrected chi connectivity index (χ4v) is 2.32. The highest BCUT2D eigenvalue weighted by molar-refractivity contribution is 6.30. The van der Waals surface area contributed by atoms with Gasteiger partial charge in [-0.2, -0.15) is 5.10 Å². The van der Waals surface area contributed by atoms with Crippen molar-refractivity contribution < 1.29 is 14.3 Å². The molecule has 0 aliphatic carbocycles. The Balaban J connectivity index is 2.12. The SMILES string of the molecule is O=C(O)c1ccccc1-c1n[nH]c(-c2ccc(Cl)cc2)c1F. The summed E-state index contributed by atoms with van der Waals surface area (Å²) in [5.74, 6) is -1.73. The van der Waals surface area contributed by atoms with E-state index in [0.29, 0.717) is 10.6 Å². The molecule has 6 heteroatoms. The Labute approximate surface area is 130 Å². The standard InChI is InChI=1S/C16H10ClFN2O2/c17-10-7-5-9(6-8-10)14-13(18)15(20-19-14)11-3-1-2-4-12(11)16(21)22/h1-8H,(H,19,20)(H,21,22). The highest BCUT2D eigenvalue weighted by Crippen LogP contribution is 2.31. The number of benzene rings is 2. The number of hydrogen-bond donors (Lipinski definition) is 2. The molecule has 0 unspecified atom stereocenters. The van der Waals surface area contributed by atoms with Crippen LogP contribution in [0.2, 0.25) is 5.02 Å². The molecule has 0 radical (unpaired) electrons. The Kier molecular flexibility index (Phi) is 3.65. The molecule has 0 spiro atoms. The van der Waals surface area contributed by atoms with E-state index in [-0.39, 0.29) is 22.5 Å². The number of rotatable bonds is 3. The molecule has 0 aliphatic heterocycles. The zero-order valence-electron chi connectivity index (χ0n) is 11.2. The van der Waals surface area contributed by atoms with Gasteiger partial charge in [-0.3, -0.25) is 5.10 Å². The van der Waals surface area contributed by atoms with Crippen LogP contribution in [0.1, 0.15) is 10.4 Å².